The Morgan fingerprint density at radius 3 is 2.58 bits per heavy atom. The molecule has 0 saturated heterocycles. The topological polar surface area (TPSA) is 20.3 Å². The standard InChI is InChI=1S/C9H15NOS/c1-5-12-8(2)9(11)6-7-10(3)4/h5H,1-2,6-7H2,3-4H3. The second kappa shape index (κ2) is 6.03. The molecule has 0 aromatic heterocycles. The number of carbonyl (C=O) groups excluding carboxylic acids is 1. The highest BCUT2D eigenvalue weighted by atomic mass is 32.2. The predicted molar refractivity (Wildman–Crippen MR) is 55.1 cm³/mol. The fourth-order valence-electron chi connectivity index (χ4n) is 0.631. The van der Waals surface area contributed by atoms with E-state index in [4.69, 9.17) is 0 Å². The minimum atomic E-state index is 0.105. The molecule has 0 aromatic rings. The largest absolute Gasteiger partial charge is 0.309 e. The van der Waals surface area contributed by atoms with E-state index >= 15 is 0 Å². The quantitative estimate of drug-likeness (QED) is 0.589. The summed E-state index contributed by atoms with van der Waals surface area (Å²) in [5.74, 6) is 0.105. The molecule has 0 N–H and O–H groups in total. The van der Waals surface area contributed by atoms with Crippen molar-refractivity contribution in [2.45, 2.75) is 6.42 Å². The van der Waals surface area contributed by atoms with Crippen LogP contribution in [0, 0.1) is 0 Å². The lowest BCUT2D eigenvalue weighted by Crippen LogP contribution is -2.16. The second-order valence-electron chi connectivity index (χ2n) is 2.68. The number of allylic oxidation sites excluding steroid dienone is 1. The Morgan fingerprint density at radius 2 is 2.17 bits per heavy atom. The maximum Gasteiger partial charge on any atom is 0.170 e. The molecule has 68 valence electrons. The molecular formula is C9H15NOS. The average Bonchev–Trinajstić information content (AvgIpc) is 2.00. The third-order valence-electron chi connectivity index (χ3n) is 1.32. The normalized spacial score (nSPS) is 9.92. The van der Waals surface area contributed by atoms with Gasteiger partial charge in [-0.25, -0.2) is 0 Å². The minimum Gasteiger partial charge on any atom is -0.309 e. The summed E-state index contributed by atoms with van der Waals surface area (Å²) in [4.78, 5) is 13.8. The SMILES string of the molecule is C=CSC(=C)C(=O)CCN(C)C. The molecule has 0 aliphatic carbocycles. The Morgan fingerprint density at radius 1 is 1.58 bits per heavy atom. The van der Waals surface area contributed by atoms with Crippen LogP contribution in [-0.2, 0) is 4.79 Å². The number of Topliss-reactive ketones (excluding diaryl/α,β-unsaturated/α-hetero) is 1. The number of carbonyl (C=O) groups is 1. The lowest BCUT2D eigenvalue weighted by molar-refractivity contribution is -0.115. The summed E-state index contributed by atoms with van der Waals surface area (Å²) in [5.41, 5.74) is 0. The summed E-state index contributed by atoms with van der Waals surface area (Å²) < 4.78 is 0. The molecule has 0 aliphatic rings. The van der Waals surface area contributed by atoms with E-state index in [1.807, 2.05) is 19.0 Å². The van der Waals surface area contributed by atoms with E-state index in [1.165, 1.54) is 11.8 Å². The van der Waals surface area contributed by atoms with Crippen LogP contribution >= 0.6 is 11.8 Å². The number of rotatable bonds is 6. The molecule has 0 amide bonds. The summed E-state index contributed by atoms with van der Waals surface area (Å²) in [5, 5.41) is 1.62. The number of hydrogen-bond acceptors (Lipinski definition) is 3. The fraction of sp³-hybridized carbons (Fsp3) is 0.444. The van der Waals surface area contributed by atoms with E-state index in [-0.39, 0.29) is 5.78 Å². The van der Waals surface area contributed by atoms with Gasteiger partial charge in [0, 0.05) is 17.9 Å². The fourth-order valence-corrected chi connectivity index (χ4v) is 1.07. The molecule has 0 rings (SSSR count). The van der Waals surface area contributed by atoms with Gasteiger partial charge < -0.3 is 4.90 Å². The lowest BCUT2D eigenvalue weighted by atomic mass is 10.3. The van der Waals surface area contributed by atoms with Crippen LogP contribution in [0.1, 0.15) is 6.42 Å². The van der Waals surface area contributed by atoms with E-state index < -0.39 is 0 Å². The molecule has 0 radical (unpaired) electrons. The van der Waals surface area contributed by atoms with Gasteiger partial charge in [0.15, 0.2) is 5.78 Å². The van der Waals surface area contributed by atoms with E-state index in [1.54, 1.807) is 5.41 Å². The smallest absolute Gasteiger partial charge is 0.170 e. The highest BCUT2D eigenvalue weighted by Crippen LogP contribution is 2.15. The molecule has 0 spiro atoms. The van der Waals surface area contributed by atoms with Crippen molar-refractivity contribution in [2.75, 3.05) is 20.6 Å². The van der Waals surface area contributed by atoms with Gasteiger partial charge in [0.1, 0.15) is 0 Å². The van der Waals surface area contributed by atoms with Crippen molar-refractivity contribution in [3.8, 4) is 0 Å². The summed E-state index contributed by atoms with van der Waals surface area (Å²) >= 11 is 1.29. The minimum absolute atomic E-state index is 0.105. The van der Waals surface area contributed by atoms with Crippen LogP contribution in [0.5, 0.6) is 0 Å². The van der Waals surface area contributed by atoms with Crippen molar-refractivity contribution in [3.63, 3.8) is 0 Å². The van der Waals surface area contributed by atoms with Gasteiger partial charge in [0.05, 0.1) is 0 Å². The molecular weight excluding hydrogens is 170 g/mol. The highest BCUT2D eigenvalue weighted by Gasteiger charge is 2.05. The highest BCUT2D eigenvalue weighted by molar-refractivity contribution is 8.06. The van der Waals surface area contributed by atoms with Gasteiger partial charge in [-0.2, -0.15) is 0 Å². The third kappa shape index (κ3) is 5.16. The Balaban J connectivity index is 3.72. The Kier molecular flexibility index (Phi) is 5.76. The zero-order valence-electron chi connectivity index (χ0n) is 7.67. The van der Waals surface area contributed by atoms with E-state index in [0.717, 1.165) is 6.54 Å². The first kappa shape index (κ1) is 11.5. The van der Waals surface area contributed by atoms with Crippen molar-refractivity contribution in [1.82, 2.24) is 4.90 Å². The van der Waals surface area contributed by atoms with E-state index in [0.29, 0.717) is 11.3 Å². The molecule has 2 nitrogen and oxygen atoms in total. The first-order valence-corrected chi connectivity index (χ1v) is 4.60. The van der Waals surface area contributed by atoms with Gasteiger partial charge in [-0.15, -0.1) is 0 Å². The summed E-state index contributed by atoms with van der Waals surface area (Å²) in [6.45, 7) is 7.94. The average molecular weight is 185 g/mol. The van der Waals surface area contributed by atoms with Gasteiger partial charge in [0.25, 0.3) is 0 Å². The van der Waals surface area contributed by atoms with Gasteiger partial charge in [0.2, 0.25) is 0 Å². The van der Waals surface area contributed by atoms with Gasteiger partial charge >= 0.3 is 0 Å². The Labute approximate surface area is 78.3 Å². The number of ketones is 1. The molecule has 0 aromatic carbocycles. The summed E-state index contributed by atoms with van der Waals surface area (Å²) in [7, 11) is 3.88. The van der Waals surface area contributed by atoms with Crippen LogP contribution in [0.3, 0.4) is 0 Å². The second-order valence-corrected chi connectivity index (χ2v) is 3.75. The molecule has 0 aliphatic heterocycles. The number of thioether (sulfide) groups is 1. The van der Waals surface area contributed by atoms with Crippen LogP contribution in [0.2, 0.25) is 0 Å². The van der Waals surface area contributed by atoms with Crippen molar-refractivity contribution < 1.29 is 4.79 Å². The van der Waals surface area contributed by atoms with Crippen molar-refractivity contribution in [1.29, 1.82) is 0 Å². The van der Waals surface area contributed by atoms with Crippen LogP contribution < -0.4 is 0 Å². The van der Waals surface area contributed by atoms with Crippen LogP contribution in [0.25, 0.3) is 0 Å². The van der Waals surface area contributed by atoms with E-state index in [2.05, 4.69) is 13.2 Å². The first-order chi connectivity index (χ1) is 5.57. The molecule has 0 saturated carbocycles. The molecule has 12 heavy (non-hydrogen) atoms. The van der Waals surface area contributed by atoms with Gasteiger partial charge in [-0.3, -0.25) is 4.79 Å². The predicted octanol–water partition coefficient (Wildman–Crippen LogP) is 1.90. The molecule has 0 heterocycles. The zero-order chi connectivity index (χ0) is 9.56. The van der Waals surface area contributed by atoms with Crippen LogP contribution in [-0.4, -0.2) is 31.3 Å². The zero-order valence-corrected chi connectivity index (χ0v) is 8.49. The van der Waals surface area contributed by atoms with Crippen molar-refractivity contribution in [3.05, 3.63) is 23.5 Å². The lowest BCUT2D eigenvalue weighted by Gasteiger charge is -2.08. The molecule has 0 atom stereocenters. The van der Waals surface area contributed by atoms with Crippen LogP contribution in [0.4, 0.5) is 0 Å². The maximum absolute atomic E-state index is 11.2. The molecule has 3 heteroatoms. The number of hydrogen-bond donors (Lipinski definition) is 0. The molecule has 0 unspecified atom stereocenters. The first-order valence-electron chi connectivity index (χ1n) is 3.72. The Bertz CT molecular complexity index is 187. The third-order valence-corrected chi connectivity index (χ3v) is 2.00. The summed E-state index contributed by atoms with van der Waals surface area (Å²) in [6, 6.07) is 0. The van der Waals surface area contributed by atoms with Crippen LogP contribution in [0.15, 0.2) is 23.5 Å². The van der Waals surface area contributed by atoms with Crippen molar-refractivity contribution in [2.24, 2.45) is 0 Å². The Hall–Kier alpha value is -0.540. The summed E-state index contributed by atoms with van der Waals surface area (Å²) in [6.07, 6.45) is 0.534. The van der Waals surface area contributed by atoms with Gasteiger partial charge in [-0.1, -0.05) is 24.9 Å². The molecule has 0 bridgehead atoms. The van der Waals surface area contributed by atoms with Gasteiger partial charge in [-0.05, 0) is 19.5 Å². The monoisotopic (exact) mass is 185 g/mol. The maximum atomic E-state index is 11.2. The molecule has 0 fully saturated rings. The van der Waals surface area contributed by atoms with E-state index in [9.17, 15) is 4.79 Å². The number of nitrogens with zero attached hydrogens (tertiary/aromatic N) is 1. The van der Waals surface area contributed by atoms with Crippen molar-refractivity contribution >= 4 is 17.5 Å².